The Morgan fingerprint density at radius 2 is 2.00 bits per heavy atom. The smallest absolute Gasteiger partial charge is 0.310 e. The molecule has 4 heterocycles. The van der Waals surface area contributed by atoms with Gasteiger partial charge in [0.1, 0.15) is 6.10 Å². The van der Waals surface area contributed by atoms with Crippen molar-refractivity contribution in [3.05, 3.63) is 11.3 Å². The lowest BCUT2D eigenvalue weighted by Gasteiger charge is -2.45. The standard InChI is InChI=1S/C22H31NO5/c1-4-13-14-7-5-6-8-23-15(16-9-11(2)20(25)27-16)10-22(19(14)23)17(18(13)24)12(3)21(26)28-22/h11-13,15-18,24H,4-10H2,1-3H3/t11-,12-,13+,15-,16-,17-,18-,22-/m0/s1. The first-order valence-electron chi connectivity index (χ1n) is 11.0. The fraction of sp³-hybridized carbons (Fsp3) is 0.818. The number of aliphatic hydroxyl groups is 1. The number of carbonyl (C=O) groups is 2. The predicted octanol–water partition coefficient (Wildman–Crippen LogP) is 2.40. The lowest BCUT2D eigenvalue weighted by atomic mass is 9.64. The van der Waals surface area contributed by atoms with Crippen LogP contribution in [0.2, 0.25) is 0 Å². The van der Waals surface area contributed by atoms with Gasteiger partial charge < -0.3 is 19.5 Å². The molecule has 3 saturated heterocycles. The van der Waals surface area contributed by atoms with Crippen LogP contribution in [0, 0.1) is 23.7 Å². The van der Waals surface area contributed by atoms with Crippen LogP contribution >= 0.6 is 0 Å². The number of cyclic esters (lactones) is 1. The van der Waals surface area contributed by atoms with Gasteiger partial charge in [0.2, 0.25) is 0 Å². The Bertz CT molecular complexity index is 747. The number of esters is 2. The van der Waals surface area contributed by atoms with Gasteiger partial charge in [-0.15, -0.1) is 0 Å². The third-order valence-electron chi connectivity index (χ3n) is 8.08. The molecule has 0 amide bonds. The first-order chi connectivity index (χ1) is 13.4. The molecule has 3 fully saturated rings. The molecule has 28 heavy (non-hydrogen) atoms. The summed E-state index contributed by atoms with van der Waals surface area (Å²) in [5, 5.41) is 11.3. The summed E-state index contributed by atoms with van der Waals surface area (Å²) < 4.78 is 11.9. The summed E-state index contributed by atoms with van der Waals surface area (Å²) in [7, 11) is 0. The Balaban J connectivity index is 1.65. The van der Waals surface area contributed by atoms with E-state index in [-0.39, 0.29) is 47.8 Å². The summed E-state index contributed by atoms with van der Waals surface area (Å²) in [5.41, 5.74) is 1.69. The molecule has 154 valence electrons. The molecule has 0 aromatic carbocycles. The second-order valence-electron chi connectivity index (χ2n) is 9.54. The predicted molar refractivity (Wildman–Crippen MR) is 101 cm³/mol. The largest absolute Gasteiger partial charge is 0.460 e. The second-order valence-corrected chi connectivity index (χ2v) is 9.54. The molecule has 8 atom stereocenters. The molecule has 4 aliphatic heterocycles. The van der Waals surface area contributed by atoms with Gasteiger partial charge in [-0.05, 0) is 37.7 Å². The van der Waals surface area contributed by atoms with Crippen molar-refractivity contribution in [1.29, 1.82) is 0 Å². The minimum absolute atomic E-state index is 0.0282. The molecule has 1 N–H and O–H groups in total. The third-order valence-corrected chi connectivity index (χ3v) is 8.08. The van der Waals surface area contributed by atoms with E-state index in [1.54, 1.807) is 0 Å². The van der Waals surface area contributed by atoms with Crippen molar-refractivity contribution in [3.8, 4) is 0 Å². The zero-order chi connectivity index (χ0) is 19.8. The Morgan fingerprint density at radius 1 is 1.21 bits per heavy atom. The maximum absolute atomic E-state index is 12.7. The van der Waals surface area contributed by atoms with Gasteiger partial charge in [-0.1, -0.05) is 20.8 Å². The lowest BCUT2D eigenvalue weighted by Crippen LogP contribution is -2.51. The van der Waals surface area contributed by atoms with Crippen molar-refractivity contribution >= 4 is 11.9 Å². The maximum Gasteiger partial charge on any atom is 0.310 e. The Labute approximate surface area is 166 Å². The molecule has 0 unspecified atom stereocenters. The summed E-state index contributed by atoms with van der Waals surface area (Å²) in [6.45, 7) is 6.85. The van der Waals surface area contributed by atoms with Gasteiger partial charge in [-0.3, -0.25) is 9.59 Å². The number of rotatable bonds is 2. The van der Waals surface area contributed by atoms with Crippen LogP contribution in [-0.4, -0.2) is 52.3 Å². The molecule has 1 spiro atoms. The normalized spacial score (nSPS) is 47.6. The van der Waals surface area contributed by atoms with Crippen LogP contribution in [0.1, 0.15) is 59.3 Å². The maximum atomic E-state index is 12.7. The van der Waals surface area contributed by atoms with Gasteiger partial charge in [0, 0.05) is 24.8 Å². The van der Waals surface area contributed by atoms with Crippen LogP contribution in [0.4, 0.5) is 0 Å². The van der Waals surface area contributed by atoms with E-state index >= 15 is 0 Å². The van der Waals surface area contributed by atoms with Crippen LogP contribution in [0.5, 0.6) is 0 Å². The first-order valence-corrected chi connectivity index (χ1v) is 11.0. The minimum atomic E-state index is -0.746. The van der Waals surface area contributed by atoms with Crippen molar-refractivity contribution in [1.82, 2.24) is 4.90 Å². The molecule has 6 nitrogen and oxygen atoms in total. The zero-order valence-corrected chi connectivity index (χ0v) is 17.0. The SMILES string of the molecule is CC[C@@H]1C2=C3N(CCCC2)[C@H]([C@@H]2C[C@H](C)C(=O)O2)C[C@@]32OC(=O)[C@@H](C)[C@H]2[C@H]1O. The molecule has 1 aliphatic carbocycles. The number of aliphatic hydroxyl groups excluding tert-OH is 1. The molecule has 0 bridgehead atoms. The molecule has 5 aliphatic rings. The highest BCUT2D eigenvalue weighted by Crippen LogP contribution is 2.61. The third kappa shape index (κ3) is 2.24. The van der Waals surface area contributed by atoms with Crippen molar-refractivity contribution in [2.24, 2.45) is 23.7 Å². The van der Waals surface area contributed by atoms with Gasteiger partial charge in [-0.25, -0.2) is 0 Å². The Hall–Kier alpha value is -1.56. The quantitative estimate of drug-likeness (QED) is 0.731. The number of hydrogen-bond donors (Lipinski definition) is 1. The van der Waals surface area contributed by atoms with Crippen molar-refractivity contribution < 1.29 is 24.2 Å². The van der Waals surface area contributed by atoms with E-state index in [9.17, 15) is 14.7 Å². The van der Waals surface area contributed by atoms with E-state index in [0.717, 1.165) is 37.9 Å². The lowest BCUT2D eigenvalue weighted by molar-refractivity contribution is -0.150. The topological polar surface area (TPSA) is 76.1 Å². The fourth-order valence-corrected chi connectivity index (χ4v) is 6.85. The molecule has 0 radical (unpaired) electrons. The van der Waals surface area contributed by atoms with Gasteiger partial charge in [0.15, 0.2) is 5.60 Å². The summed E-state index contributed by atoms with van der Waals surface area (Å²) in [6, 6.07) is 0.0282. The van der Waals surface area contributed by atoms with E-state index in [1.165, 1.54) is 5.57 Å². The summed E-state index contributed by atoms with van der Waals surface area (Å²) in [6.07, 6.45) is 4.58. The van der Waals surface area contributed by atoms with Gasteiger partial charge in [0.25, 0.3) is 0 Å². The zero-order valence-electron chi connectivity index (χ0n) is 17.0. The van der Waals surface area contributed by atoms with Gasteiger partial charge in [0.05, 0.1) is 29.7 Å². The minimum Gasteiger partial charge on any atom is -0.460 e. The molecule has 6 heteroatoms. The molecular weight excluding hydrogens is 358 g/mol. The summed E-state index contributed by atoms with van der Waals surface area (Å²) in [5.74, 6) is -0.860. The summed E-state index contributed by atoms with van der Waals surface area (Å²) >= 11 is 0. The van der Waals surface area contributed by atoms with Crippen molar-refractivity contribution in [2.75, 3.05) is 6.54 Å². The van der Waals surface area contributed by atoms with Crippen LogP contribution in [0.3, 0.4) is 0 Å². The highest BCUT2D eigenvalue weighted by molar-refractivity contribution is 5.78. The highest BCUT2D eigenvalue weighted by atomic mass is 16.6. The van der Waals surface area contributed by atoms with Crippen molar-refractivity contribution in [3.63, 3.8) is 0 Å². The summed E-state index contributed by atoms with van der Waals surface area (Å²) in [4.78, 5) is 27.2. The molecular formula is C22H31NO5. The van der Waals surface area contributed by atoms with Gasteiger partial charge >= 0.3 is 11.9 Å². The average molecular weight is 389 g/mol. The van der Waals surface area contributed by atoms with Crippen molar-refractivity contribution in [2.45, 2.75) is 83.1 Å². The van der Waals surface area contributed by atoms with Gasteiger partial charge in [-0.2, -0.15) is 0 Å². The van der Waals surface area contributed by atoms with E-state index in [0.29, 0.717) is 12.8 Å². The van der Waals surface area contributed by atoms with Crippen LogP contribution in [0.15, 0.2) is 11.3 Å². The molecule has 0 aromatic heterocycles. The Kier molecular flexibility index (Phi) is 4.10. The number of nitrogens with zero attached hydrogens (tertiary/aromatic N) is 1. The van der Waals surface area contributed by atoms with E-state index in [1.807, 2.05) is 13.8 Å². The van der Waals surface area contributed by atoms with Crippen LogP contribution < -0.4 is 0 Å². The molecule has 0 saturated carbocycles. The van der Waals surface area contributed by atoms with E-state index in [2.05, 4.69) is 11.8 Å². The highest BCUT2D eigenvalue weighted by Gasteiger charge is 2.69. The molecule has 5 rings (SSSR count). The number of carbonyl (C=O) groups excluding carboxylic acids is 2. The van der Waals surface area contributed by atoms with Crippen LogP contribution in [0.25, 0.3) is 0 Å². The first kappa shape index (κ1) is 18.5. The average Bonchev–Trinajstić information content (AvgIpc) is 3.16. The monoisotopic (exact) mass is 389 g/mol. The van der Waals surface area contributed by atoms with E-state index in [4.69, 9.17) is 9.47 Å². The Morgan fingerprint density at radius 3 is 2.68 bits per heavy atom. The molecule has 0 aromatic rings. The fourth-order valence-electron chi connectivity index (χ4n) is 6.85. The van der Waals surface area contributed by atoms with Crippen LogP contribution in [-0.2, 0) is 19.1 Å². The number of hydrogen-bond acceptors (Lipinski definition) is 6. The second kappa shape index (κ2) is 6.22. The van der Waals surface area contributed by atoms with E-state index < -0.39 is 11.7 Å². The number of ether oxygens (including phenoxy) is 2.